The van der Waals surface area contributed by atoms with Gasteiger partial charge in [0.15, 0.2) is 0 Å². The molecule has 6 heteroatoms. The topological polar surface area (TPSA) is 58.1 Å². The van der Waals surface area contributed by atoms with Crippen molar-refractivity contribution in [2.45, 2.75) is 0 Å². The summed E-state index contributed by atoms with van der Waals surface area (Å²) in [5, 5.41) is 6.86. The lowest BCUT2D eigenvalue weighted by molar-refractivity contribution is 0.102. The van der Waals surface area contributed by atoms with Crippen LogP contribution in [0.1, 0.15) is 10.4 Å². The lowest BCUT2D eigenvalue weighted by Crippen LogP contribution is -2.12. The third-order valence-electron chi connectivity index (χ3n) is 3.15. The van der Waals surface area contributed by atoms with E-state index in [-0.39, 0.29) is 5.91 Å². The summed E-state index contributed by atoms with van der Waals surface area (Å²) in [7, 11) is 3.95. The second-order valence-corrected chi connectivity index (χ2v) is 5.64. The second kappa shape index (κ2) is 5.49. The van der Waals surface area contributed by atoms with Crippen LogP contribution in [0.15, 0.2) is 42.5 Å². The van der Waals surface area contributed by atoms with Gasteiger partial charge in [-0.1, -0.05) is 4.49 Å². The summed E-state index contributed by atoms with van der Waals surface area (Å²) in [6.07, 6.45) is 0. The number of nitrogens with zero attached hydrogens (tertiary/aromatic N) is 3. The highest BCUT2D eigenvalue weighted by molar-refractivity contribution is 7.12. The Hall–Kier alpha value is -2.47. The van der Waals surface area contributed by atoms with Gasteiger partial charge in [0, 0.05) is 31.0 Å². The predicted molar refractivity (Wildman–Crippen MR) is 86.1 cm³/mol. The van der Waals surface area contributed by atoms with Crippen LogP contribution in [-0.4, -0.2) is 29.6 Å². The van der Waals surface area contributed by atoms with Gasteiger partial charge in [-0.3, -0.25) is 4.79 Å². The van der Waals surface area contributed by atoms with E-state index in [2.05, 4.69) is 14.9 Å². The molecule has 0 spiro atoms. The minimum atomic E-state index is -0.150. The number of aromatic nitrogens is 2. The molecule has 0 saturated heterocycles. The monoisotopic (exact) mass is 298 g/mol. The Kier molecular flexibility index (Phi) is 3.53. The Morgan fingerprint density at radius 3 is 2.62 bits per heavy atom. The highest BCUT2D eigenvalue weighted by Gasteiger charge is 2.08. The molecular formula is C15H14N4OS. The Bertz CT molecular complexity index is 780. The van der Waals surface area contributed by atoms with E-state index in [4.69, 9.17) is 0 Å². The van der Waals surface area contributed by atoms with Crippen molar-refractivity contribution < 1.29 is 4.79 Å². The molecule has 1 heterocycles. The van der Waals surface area contributed by atoms with E-state index in [9.17, 15) is 4.79 Å². The summed E-state index contributed by atoms with van der Waals surface area (Å²) in [5.41, 5.74) is 3.17. The fraction of sp³-hybridized carbons (Fsp3) is 0.133. The molecule has 0 saturated carbocycles. The first-order valence-corrected chi connectivity index (χ1v) is 7.22. The summed E-state index contributed by atoms with van der Waals surface area (Å²) in [5.74, 6) is -0.150. The van der Waals surface area contributed by atoms with E-state index >= 15 is 0 Å². The lowest BCUT2D eigenvalue weighted by Gasteiger charge is -2.13. The SMILES string of the molecule is CN(C)c1ccc(NC(=O)c2ccc3snnc3c2)cc1. The molecule has 0 aliphatic heterocycles. The number of anilines is 2. The van der Waals surface area contributed by atoms with E-state index in [1.807, 2.05) is 49.3 Å². The molecule has 3 aromatic rings. The Morgan fingerprint density at radius 2 is 1.90 bits per heavy atom. The minimum Gasteiger partial charge on any atom is -0.378 e. The molecule has 0 bridgehead atoms. The van der Waals surface area contributed by atoms with Crippen LogP contribution in [0.25, 0.3) is 10.2 Å². The molecule has 0 unspecified atom stereocenters. The summed E-state index contributed by atoms with van der Waals surface area (Å²) in [4.78, 5) is 14.2. The molecule has 1 aromatic heterocycles. The molecule has 0 aliphatic carbocycles. The molecule has 21 heavy (non-hydrogen) atoms. The smallest absolute Gasteiger partial charge is 0.255 e. The van der Waals surface area contributed by atoms with E-state index in [0.29, 0.717) is 5.56 Å². The van der Waals surface area contributed by atoms with Gasteiger partial charge in [-0.15, -0.1) is 5.10 Å². The van der Waals surface area contributed by atoms with Crippen molar-refractivity contribution in [3.05, 3.63) is 48.0 Å². The Morgan fingerprint density at radius 1 is 1.14 bits per heavy atom. The van der Waals surface area contributed by atoms with Gasteiger partial charge in [-0.05, 0) is 54.0 Å². The first-order chi connectivity index (χ1) is 10.1. The molecule has 3 rings (SSSR count). The van der Waals surface area contributed by atoms with Gasteiger partial charge in [-0.2, -0.15) is 0 Å². The fourth-order valence-corrected chi connectivity index (χ4v) is 2.51. The largest absolute Gasteiger partial charge is 0.378 e. The number of amides is 1. The summed E-state index contributed by atoms with van der Waals surface area (Å²) < 4.78 is 4.84. The van der Waals surface area contributed by atoms with Crippen LogP contribution in [0.4, 0.5) is 11.4 Å². The molecule has 0 aliphatic rings. The second-order valence-electron chi connectivity index (χ2n) is 4.85. The molecule has 0 radical (unpaired) electrons. The summed E-state index contributed by atoms with van der Waals surface area (Å²) in [6.45, 7) is 0. The Labute approximate surface area is 126 Å². The summed E-state index contributed by atoms with van der Waals surface area (Å²) >= 11 is 1.32. The van der Waals surface area contributed by atoms with Crippen molar-refractivity contribution in [3.63, 3.8) is 0 Å². The van der Waals surface area contributed by atoms with Gasteiger partial charge in [-0.25, -0.2) is 0 Å². The van der Waals surface area contributed by atoms with E-state index < -0.39 is 0 Å². The third-order valence-corrected chi connectivity index (χ3v) is 3.86. The van der Waals surface area contributed by atoms with Crippen molar-refractivity contribution in [2.24, 2.45) is 0 Å². The van der Waals surface area contributed by atoms with Crippen molar-refractivity contribution in [2.75, 3.05) is 24.3 Å². The van der Waals surface area contributed by atoms with Gasteiger partial charge >= 0.3 is 0 Å². The minimum absolute atomic E-state index is 0.150. The van der Waals surface area contributed by atoms with Crippen molar-refractivity contribution in [1.29, 1.82) is 0 Å². The van der Waals surface area contributed by atoms with E-state index in [1.165, 1.54) is 11.5 Å². The maximum Gasteiger partial charge on any atom is 0.255 e. The number of hydrogen-bond acceptors (Lipinski definition) is 5. The van der Waals surface area contributed by atoms with E-state index in [1.54, 1.807) is 12.1 Å². The van der Waals surface area contributed by atoms with Gasteiger partial charge < -0.3 is 10.2 Å². The zero-order valence-electron chi connectivity index (χ0n) is 11.7. The zero-order valence-corrected chi connectivity index (χ0v) is 12.5. The van der Waals surface area contributed by atoms with Crippen molar-refractivity contribution >= 4 is 39.0 Å². The maximum absolute atomic E-state index is 12.2. The highest BCUT2D eigenvalue weighted by Crippen LogP contribution is 2.19. The molecule has 0 fully saturated rings. The van der Waals surface area contributed by atoms with Gasteiger partial charge in [0.05, 0.1) is 4.70 Å². The van der Waals surface area contributed by atoms with Gasteiger partial charge in [0.25, 0.3) is 5.91 Å². The summed E-state index contributed by atoms with van der Waals surface area (Å²) in [6, 6.07) is 13.1. The number of fused-ring (bicyclic) bond motifs is 1. The standard InChI is InChI=1S/C15H14N4OS/c1-19(2)12-6-4-11(5-7-12)16-15(20)10-3-8-14-13(9-10)17-18-21-14/h3-9H,1-2H3,(H,16,20). The predicted octanol–water partition coefficient (Wildman–Crippen LogP) is 3.01. The number of nitrogens with one attached hydrogen (secondary N) is 1. The number of carbonyl (C=O) groups is 1. The first kappa shape index (κ1) is 13.5. The molecule has 1 amide bonds. The quantitative estimate of drug-likeness (QED) is 0.807. The molecule has 106 valence electrons. The average molecular weight is 298 g/mol. The van der Waals surface area contributed by atoms with Gasteiger partial charge in [0.2, 0.25) is 0 Å². The number of carbonyl (C=O) groups excluding carboxylic acids is 1. The number of hydrogen-bond donors (Lipinski definition) is 1. The Balaban J connectivity index is 1.78. The maximum atomic E-state index is 12.2. The molecular weight excluding hydrogens is 284 g/mol. The molecule has 1 N–H and O–H groups in total. The zero-order chi connectivity index (χ0) is 14.8. The van der Waals surface area contributed by atoms with Crippen LogP contribution in [0.5, 0.6) is 0 Å². The van der Waals surface area contributed by atoms with Crippen LogP contribution in [0.3, 0.4) is 0 Å². The van der Waals surface area contributed by atoms with Crippen LogP contribution >= 0.6 is 11.5 Å². The van der Waals surface area contributed by atoms with E-state index in [0.717, 1.165) is 21.6 Å². The third kappa shape index (κ3) is 2.85. The fourth-order valence-electron chi connectivity index (χ4n) is 1.97. The first-order valence-electron chi connectivity index (χ1n) is 6.44. The lowest BCUT2D eigenvalue weighted by atomic mass is 10.2. The molecule has 5 nitrogen and oxygen atoms in total. The number of rotatable bonds is 3. The van der Waals surface area contributed by atoms with Crippen molar-refractivity contribution in [1.82, 2.24) is 9.59 Å². The molecule has 0 atom stereocenters. The van der Waals surface area contributed by atoms with Crippen LogP contribution in [-0.2, 0) is 0 Å². The van der Waals surface area contributed by atoms with Crippen molar-refractivity contribution in [3.8, 4) is 0 Å². The van der Waals surface area contributed by atoms with Crippen LogP contribution < -0.4 is 10.2 Å². The number of benzene rings is 2. The van der Waals surface area contributed by atoms with Crippen LogP contribution in [0, 0.1) is 0 Å². The van der Waals surface area contributed by atoms with Gasteiger partial charge in [0.1, 0.15) is 5.52 Å². The molecule has 2 aromatic carbocycles. The normalized spacial score (nSPS) is 10.6. The van der Waals surface area contributed by atoms with Crippen LogP contribution in [0.2, 0.25) is 0 Å². The highest BCUT2D eigenvalue weighted by atomic mass is 32.1. The average Bonchev–Trinajstić information content (AvgIpc) is 2.95.